The molecule has 0 fully saturated rings. The topological polar surface area (TPSA) is 46.4 Å². The van der Waals surface area contributed by atoms with Crippen LogP contribution >= 0.6 is 0 Å². The molecule has 0 atom stereocenters. The Morgan fingerprint density at radius 1 is 1.21 bits per heavy atom. The van der Waals surface area contributed by atoms with E-state index in [0.29, 0.717) is 4.74 Å². The zero-order valence-corrected chi connectivity index (χ0v) is 9.87. The van der Waals surface area contributed by atoms with E-state index < -0.39 is 0 Å². The third-order valence-corrected chi connectivity index (χ3v) is 2.13. The van der Waals surface area contributed by atoms with Gasteiger partial charge in [0, 0.05) is 19.0 Å². The largest absolute Gasteiger partial charge is 0.624 e. The SMILES string of the molecule is C/C(C(=O)N(C(C)C)C(C)C)=[N+](/C)[O-]. The van der Waals surface area contributed by atoms with Gasteiger partial charge < -0.3 is 10.1 Å². The molecule has 0 bridgehead atoms. The van der Waals surface area contributed by atoms with Gasteiger partial charge in [-0.15, -0.1) is 0 Å². The minimum absolute atomic E-state index is 0.109. The van der Waals surface area contributed by atoms with Crippen molar-refractivity contribution in [1.82, 2.24) is 4.90 Å². The Hall–Kier alpha value is -1.06. The van der Waals surface area contributed by atoms with E-state index in [0.717, 1.165) is 0 Å². The van der Waals surface area contributed by atoms with Crippen molar-refractivity contribution in [3.05, 3.63) is 5.21 Å². The van der Waals surface area contributed by atoms with Crippen molar-refractivity contribution in [2.45, 2.75) is 46.7 Å². The fourth-order valence-electron chi connectivity index (χ4n) is 1.39. The van der Waals surface area contributed by atoms with Crippen LogP contribution in [0.2, 0.25) is 0 Å². The average Bonchev–Trinajstić information content (AvgIpc) is 2.01. The number of nitrogens with zero attached hydrogens (tertiary/aromatic N) is 2. The summed E-state index contributed by atoms with van der Waals surface area (Å²) in [4.78, 5) is 13.5. The van der Waals surface area contributed by atoms with Gasteiger partial charge in [-0.25, -0.2) is 4.74 Å². The first kappa shape index (κ1) is 12.9. The zero-order valence-electron chi connectivity index (χ0n) is 9.87. The second-order valence-electron chi connectivity index (χ2n) is 3.98. The summed E-state index contributed by atoms with van der Waals surface area (Å²) in [5.41, 5.74) is 0.229. The van der Waals surface area contributed by atoms with Crippen molar-refractivity contribution in [2.24, 2.45) is 0 Å². The Bertz CT molecular complexity index is 233. The number of hydrogen-bond donors (Lipinski definition) is 0. The highest BCUT2D eigenvalue weighted by molar-refractivity contribution is 6.35. The summed E-state index contributed by atoms with van der Waals surface area (Å²) in [5.74, 6) is -0.187. The van der Waals surface area contributed by atoms with E-state index >= 15 is 0 Å². The van der Waals surface area contributed by atoms with Gasteiger partial charge in [-0.1, -0.05) is 0 Å². The monoisotopic (exact) mass is 200 g/mol. The Balaban J connectivity index is 4.89. The number of carbonyl (C=O) groups excluding carboxylic acids is 1. The van der Waals surface area contributed by atoms with Crippen LogP contribution in [0.25, 0.3) is 0 Å². The van der Waals surface area contributed by atoms with E-state index in [9.17, 15) is 10.0 Å². The molecular formula is C10H20N2O2. The molecule has 4 nitrogen and oxygen atoms in total. The molecule has 0 unspecified atom stereocenters. The first-order valence-electron chi connectivity index (χ1n) is 4.86. The summed E-state index contributed by atoms with van der Waals surface area (Å²) in [5, 5.41) is 11.0. The molecule has 0 saturated carbocycles. The van der Waals surface area contributed by atoms with Crippen LogP contribution in [0, 0.1) is 5.21 Å². The zero-order chi connectivity index (χ0) is 11.5. The summed E-state index contributed by atoms with van der Waals surface area (Å²) in [6.07, 6.45) is 0. The molecule has 0 saturated heterocycles. The van der Waals surface area contributed by atoms with Crippen LogP contribution in [0.15, 0.2) is 0 Å². The minimum Gasteiger partial charge on any atom is -0.624 e. The predicted octanol–water partition coefficient (Wildman–Crippen LogP) is 1.23. The van der Waals surface area contributed by atoms with E-state index in [2.05, 4.69) is 0 Å². The van der Waals surface area contributed by atoms with Gasteiger partial charge in [0.25, 0.3) is 0 Å². The van der Waals surface area contributed by atoms with Crippen LogP contribution in [0.5, 0.6) is 0 Å². The highest BCUT2D eigenvalue weighted by Crippen LogP contribution is 2.06. The number of amides is 1. The van der Waals surface area contributed by atoms with Crippen molar-refractivity contribution in [2.75, 3.05) is 7.05 Å². The van der Waals surface area contributed by atoms with Crippen LogP contribution in [0.3, 0.4) is 0 Å². The molecule has 0 radical (unpaired) electrons. The quantitative estimate of drug-likeness (QED) is 0.298. The molecule has 4 heteroatoms. The average molecular weight is 200 g/mol. The van der Waals surface area contributed by atoms with Gasteiger partial charge in [0.15, 0.2) is 0 Å². The van der Waals surface area contributed by atoms with Crippen molar-refractivity contribution >= 4 is 11.6 Å². The molecule has 0 N–H and O–H groups in total. The maximum atomic E-state index is 11.8. The number of rotatable bonds is 3. The lowest BCUT2D eigenvalue weighted by Crippen LogP contribution is -2.46. The number of carbonyl (C=O) groups is 1. The van der Waals surface area contributed by atoms with Crippen molar-refractivity contribution in [3.63, 3.8) is 0 Å². The summed E-state index contributed by atoms with van der Waals surface area (Å²) in [6.45, 7) is 9.31. The van der Waals surface area contributed by atoms with Gasteiger partial charge in [-0.3, -0.25) is 4.79 Å². The molecule has 0 aliphatic rings. The van der Waals surface area contributed by atoms with Gasteiger partial charge in [-0.05, 0) is 27.7 Å². The number of hydroxylamine groups is 1. The van der Waals surface area contributed by atoms with E-state index in [1.807, 2.05) is 27.7 Å². The third-order valence-electron chi connectivity index (χ3n) is 2.13. The molecule has 0 aromatic heterocycles. The highest BCUT2D eigenvalue weighted by Gasteiger charge is 2.25. The standard InChI is InChI=1S/C10H20N2O2/c1-7(2)12(8(3)4)10(13)9(5)11(6)14/h7-8H,1-6H3/b11-9+. The lowest BCUT2D eigenvalue weighted by atomic mass is 10.2. The van der Waals surface area contributed by atoms with E-state index in [1.165, 1.54) is 7.05 Å². The van der Waals surface area contributed by atoms with Crippen molar-refractivity contribution in [1.29, 1.82) is 0 Å². The van der Waals surface area contributed by atoms with E-state index in [1.54, 1.807) is 11.8 Å². The maximum Gasteiger partial charge on any atom is 0.314 e. The van der Waals surface area contributed by atoms with Gasteiger partial charge in [0.2, 0.25) is 5.71 Å². The molecule has 0 aliphatic carbocycles. The van der Waals surface area contributed by atoms with Crippen molar-refractivity contribution in [3.8, 4) is 0 Å². The Kier molecular flexibility index (Phi) is 4.60. The summed E-state index contributed by atoms with van der Waals surface area (Å²) in [6, 6.07) is 0.217. The van der Waals surface area contributed by atoms with Crippen LogP contribution in [-0.2, 0) is 4.79 Å². The lowest BCUT2D eigenvalue weighted by Gasteiger charge is -2.29. The van der Waals surface area contributed by atoms with Gasteiger partial charge >= 0.3 is 5.91 Å². The smallest absolute Gasteiger partial charge is 0.314 e. The Morgan fingerprint density at radius 2 is 1.57 bits per heavy atom. The van der Waals surface area contributed by atoms with Gasteiger partial charge in [0.1, 0.15) is 7.05 Å². The molecule has 0 rings (SSSR count). The summed E-state index contributed by atoms with van der Waals surface area (Å²) >= 11 is 0. The summed E-state index contributed by atoms with van der Waals surface area (Å²) < 4.78 is 0.611. The molecule has 1 amide bonds. The molecule has 0 aliphatic heterocycles. The first-order valence-corrected chi connectivity index (χ1v) is 4.86. The molecule has 0 spiro atoms. The van der Waals surface area contributed by atoms with Crippen LogP contribution in [0.1, 0.15) is 34.6 Å². The summed E-state index contributed by atoms with van der Waals surface area (Å²) in [7, 11) is 1.34. The second-order valence-corrected chi connectivity index (χ2v) is 3.98. The third kappa shape index (κ3) is 3.01. The fourth-order valence-corrected chi connectivity index (χ4v) is 1.39. The van der Waals surface area contributed by atoms with Crippen LogP contribution in [0.4, 0.5) is 0 Å². The molecule has 0 aromatic carbocycles. The second kappa shape index (κ2) is 4.98. The normalized spacial score (nSPS) is 13.1. The lowest BCUT2D eigenvalue weighted by molar-refractivity contribution is -0.422. The van der Waals surface area contributed by atoms with Gasteiger partial charge in [-0.2, -0.15) is 0 Å². The Labute approximate surface area is 85.8 Å². The molecule has 0 heterocycles. The van der Waals surface area contributed by atoms with Crippen molar-refractivity contribution < 1.29 is 9.53 Å². The highest BCUT2D eigenvalue weighted by atomic mass is 16.5. The molecule has 82 valence electrons. The predicted molar refractivity (Wildman–Crippen MR) is 57.4 cm³/mol. The minimum atomic E-state index is -0.187. The first-order chi connectivity index (χ1) is 6.29. The van der Waals surface area contributed by atoms with E-state index in [4.69, 9.17) is 0 Å². The van der Waals surface area contributed by atoms with Crippen LogP contribution in [-0.4, -0.2) is 40.4 Å². The molecule has 14 heavy (non-hydrogen) atoms. The molecule has 0 aromatic rings. The van der Waals surface area contributed by atoms with E-state index in [-0.39, 0.29) is 23.7 Å². The van der Waals surface area contributed by atoms with Crippen LogP contribution < -0.4 is 0 Å². The maximum absolute atomic E-state index is 11.8. The fraction of sp³-hybridized carbons (Fsp3) is 0.800. The molecular weight excluding hydrogens is 180 g/mol. The number of hydrogen-bond acceptors (Lipinski definition) is 2. The van der Waals surface area contributed by atoms with Gasteiger partial charge in [0.05, 0.1) is 0 Å². The Morgan fingerprint density at radius 3 is 1.79 bits per heavy atom.